The van der Waals surface area contributed by atoms with Gasteiger partial charge in [-0.1, -0.05) is 12.1 Å². The first kappa shape index (κ1) is 14.0. The van der Waals surface area contributed by atoms with E-state index >= 15 is 0 Å². The molecule has 0 aliphatic rings. The number of alkyl halides is 3. The molecule has 1 aromatic heterocycles. The summed E-state index contributed by atoms with van der Waals surface area (Å²) in [7, 11) is 1.20. The van der Waals surface area contributed by atoms with E-state index in [1.54, 1.807) is 0 Å². The Morgan fingerprint density at radius 2 is 2.00 bits per heavy atom. The quantitative estimate of drug-likeness (QED) is 0.864. The summed E-state index contributed by atoms with van der Waals surface area (Å²) in [6.07, 6.45) is -4.57. The minimum absolute atomic E-state index is 0.138. The fraction of sp³-hybridized carbons (Fsp3) is 0.167. The standard InChI is InChI=1S/C12H8F4N2O2/c1-18-10(11(19)20)8(13)9(17-18)6-3-2-4-7(5-6)12(14,15)16/h2-5H,1H3,(H,19,20). The SMILES string of the molecule is Cn1nc(-c2cccc(C(F)(F)F)c2)c(F)c1C(=O)O. The van der Waals surface area contributed by atoms with Crippen LogP contribution >= 0.6 is 0 Å². The molecule has 0 saturated heterocycles. The molecule has 2 rings (SSSR count). The highest BCUT2D eigenvalue weighted by molar-refractivity contribution is 5.87. The summed E-state index contributed by atoms with van der Waals surface area (Å²) in [4.78, 5) is 10.8. The predicted octanol–water partition coefficient (Wildman–Crippen LogP) is 2.94. The summed E-state index contributed by atoms with van der Waals surface area (Å²) in [6.45, 7) is 0. The van der Waals surface area contributed by atoms with Gasteiger partial charge in [0.15, 0.2) is 11.5 Å². The second kappa shape index (κ2) is 4.62. The first-order valence-corrected chi connectivity index (χ1v) is 5.35. The molecule has 0 saturated carbocycles. The van der Waals surface area contributed by atoms with E-state index in [2.05, 4.69) is 5.10 Å². The Balaban J connectivity index is 2.58. The molecule has 0 fully saturated rings. The van der Waals surface area contributed by atoms with Crippen molar-refractivity contribution in [2.24, 2.45) is 7.05 Å². The molecule has 0 unspecified atom stereocenters. The van der Waals surface area contributed by atoms with E-state index < -0.39 is 34.9 Å². The van der Waals surface area contributed by atoms with Gasteiger partial charge in [-0.2, -0.15) is 18.3 Å². The molecule has 2 aromatic rings. The summed E-state index contributed by atoms with van der Waals surface area (Å²) in [6, 6.07) is 3.89. The van der Waals surface area contributed by atoms with Crippen LogP contribution in [0.5, 0.6) is 0 Å². The van der Waals surface area contributed by atoms with Crippen LogP contribution in [-0.4, -0.2) is 20.9 Å². The topological polar surface area (TPSA) is 55.1 Å². The number of benzene rings is 1. The van der Waals surface area contributed by atoms with Gasteiger partial charge in [0.1, 0.15) is 5.69 Å². The molecular weight excluding hydrogens is 280 g/mol. The number of carbonyl (C=O) groups is 1. The Bertz CT molecular complexity index is 677. The fourth-order valence-electron chi connectivity index (χ4n) is 1.76. The second-order valence-electron chi connectivity index (χ2n) is 4.02. The molecule has 1 N–H and O–H groups in total. The number of hydrogen-bond donors (Lipinski definition) is 1. The van der Waals surface area contributed by atoms with Crippen molar-refractivity contribution in [1.29, 1.82) is 0 Å². The van der Waals surface area contributed by atoms with Crippen molar-refractivity contribution < 1.29 is 27.5 Å². The third-order valence-electron chi connectivity index (χ3n) is 2.66. The van der Waals surface area contributed by atoms with Crippen LogP contribution in [0.15, 0.2) is 24.3 Å². The van der Waals surface area contributed by atoms with Crippen LogP contribution in [-0.2, 0) is 13.2 Å². The molecule has 106 valence electrons. The predicted molar refractivity (Wildman–Crippen MR) is 60.6 cm³/mol. The minimum atomic E-state index is -4.57. The lowest BCUT2D eigenvalue weighted by molar-refractivity contribution is -0.137. The average Bonchev–Trinajstić information content (AvgIpc) is 2.64. The molecule has 0 aliphatic heterocycles. The summed E-state index contributed by atoms with van der Waals surface area (Å²) in [5.41, 5.74) is -2.24. The number of carboxylic acids is 1. The molecular formula is C12H8F4N2O2. The lowest BCUT2D eigenvalue weighted by Gasteiger charge is -2.07. The molecule has 0 aliphatic carbocycles. The zero-order valence-corrected chi connectivity index (χ0v) is 10.1. The van der Waals surface area contributed by atoms with Crippen molar-refractivity contribution in [2.45, 2.75) is 6.18 Å². The minimum Gasteiger partial charge on any atom is -0.476 e. The molecule has 8 heteroatoms. The number of carboxylic acid groups (broad SMARTS) is 1. The number of aryl methyl sites for hydroxylation is 1. The van der Waals surface area contributed by atoms with E-state index in [9.17, 15) is 22.4 Å². The van der Waals surface area contributed by atoms with Crippen molar-refractivity contribution in [1.82, 2.24) is 9.78 Å². The van der Waals surface area contributed by atoms with Gasteiger partial charge in [-0.25, -0.2) is 9.18 Å². The largest absolute Gasteiger partial charge is 0.476 e. The maximum Gasteiger partial charge on any atom is 0.416 e. The highest BCUT2D eigenvalue weighted by Crippen LogP contribution is 2.32. The van der Waals surface area contributed by atoms with Crippen molar-refractivity contribution in [3.8, 4) is 11.3 Å². The van der Waals surface area contributed by atoms with Crippen molar-refractivity contribution in [2.75, 3.05) is 0 Å². The van der Waals surface area contributed by atoms with Gasteiger partial charge in [0.2, 0.25) is 0 Å². The monoisotopic (exact) mass is 288 g/mol. The summed E-state index contributed by atoms with van der Waals surface area (Å²) in [5.74, 6) is -2.71. The van der Waals surface area contributed by atoms with Gasteiger partial charge in [-0.05, 0) is 12.1 Å². The summed E-state index contributed by atoms with van der Waals surface area (Å²) < 4.78 is 52.4. The second-order valence-corrected chi connectivity index (χ2v) is 4.02. The van der Waals surface area contributed by atoms with Crippen LogP contribution in [0, 0.1) is 5.82 Å². The molecule has 1 heterocycles. The molecule has 0 radical (unpaired) electrons. The third-order valence-corrected chi connectivity index (χ3v) is 2.66. The number of halogens is 4. The van der Waals surface area contributed by atoms with Crippen LogP contribution in [0.1, 0.15) is 16.1 Å². The zero-order valence-electron chi connectivity index (χ0n) is 10.1. The highest BCUT2D eigenvalue weighted by Gasteiger charge is 2.31. The zero-order chi connectivity index (χ0) is 15.1. The summed E-state index contributed by atoms with van der Waals surface area (Å²) in [5, 5.41) is 12.4. The Morgan fingerprint density at radius 1 is 1.35 bits per heavy atom. The molecule has 0 bridgehead atoms. The van der Waals surface area contributed by atoms with Crippen LogP contribution in [0.25, 0.3) is 11.3 Å². The van der Waals surface area contributed by atoms with Gasteiger partial charge < -0.3 is 5.11 Å². The molecule has 4 nitrogen and oxygen atoms in total. The fourth-order valence-corrected chi connectivity index (χ4v) is 1.76. The molecule has 0 spiro atoms. The van der Waals surface area contributed by atoms with Crippen LogP contribution in [0.3, 0.4) is 0 Å². The van der Waals surface area contributed by atoms with Crippen molar-refractivity contribution in [3.05, 3.63) is 41.3 Å². The Kier molecular flexibility index (Phi) is 3.24. The van der Waals surface area contributed by atoms with Crippen molar-refractivity contribution in [3.63, 3.8) is 0 Å². The van der Waals surface area contributed by atoms with Gasteiger partial charge in [-0.3, -0.25) is 4.68 Å². The number of aromatic nitrogens is 2. The van der Waals surface area contributed by atoms with E-state index in [4.69, 9.17) is 5.11 Å². The average molecular weight is 288 g/mol. The van der Waals surface area contributed by atoms with E-state index in [0.29, 0.717) is 0 Å². The van der Waals surface area contributed by atoms with Crippen LogP contribution in [0.2, 0.25) is 0 Å². The first-order chi connectivity index (χ1) is 9.21. The van der Waals surface area contributed by atoms with Gasteiger partial charge in [0.25, 0.3) is 0 Å². The Morgan fingerprint density at radius 3 is 2.50 bits per heavy atom. The van der Waals surface area contributed by atoms with E-state index in [-0.39, 0.29) is 5.56 Å². The molecule has 1 aromatic carbocycles. The maximum absolute atomic E-state index is 13.9. The van der Waals surface area contributed by atoms with Gasteiger partial charge in [0.05, 0.1) is 5.56 Å². The smallest absolute Gasteiger partial charge is 0.416 e. The molecule has 20 heavy (non-hydrogen) atoms. The first-order valence-electron chi connectivity index (χ1n) is 5.35. The normalized spacial score (nSPS) is 11.7. The third kappa shape index (κ3) is 2.36. The Hall–Kier alpha value is -2.38. The van der Waals surface area contributed by atoms with Gasteiger partial charge in [-0.15, -0.1) is 0 Å². The number of nitrogens with zero attached hydrogens (tertiary/aromatic N) is 2. The number of aromatic carboxylic acids is 1. The lowest BCUT2D eigenvalue weighted by Crippen LogP contribution is -2.06. The van der Waals surface area contributed by atoms with E-state index in [1.807, 2.05) is 0 Å². The van der Waals surface area contributed by atoms with E-state index in [1.165, 1.54) is 13.1 Å². The Labute approximate surface area is 110 Å². The lowest BCUT2D eigenvalue weighted by atomic mass is 10.1. The maximum atomic E-state index is 13.9. The van der Waals surface area contributed by atoms with Crippen LogP contribution in [0.4, 0.5) is 17.6 Å². The summed E-state index contributed by atoms with van der Waals surface area (Å²) >= 11 is 0. The molecule has 0 amide bonds. The highest BCUT2D eigenvalue weighted by atomic mass is 19.4. The number of hydrogen-bond acceptors (Lipinski definition) is 2. The number of rotatable bonds is 2. The van der Waals surface area contributed by atoms with Crippen LogP contribution < -0.4 is 0 Å². The molecule has 0 atom stereocenters. The van der Waals surface area contributed by atoms with Gasteiger partial charge >= 0.3 is 12.1 Å². The van der Waals surface area contributed by atoms with E-state index in [0.717, 1.165) is 22.9 Å². The van der Waals surface area contributed by atoms with Crippen molar-refractivity contribution >= 4 is 5.97 Å². The van der Waals surface area contributed by atoms with Gasteiger partial charge in [0, 0.05) is 12.6 Å².